The highest BCUT2D eigenvalue weighted by Gasteiger charge is 2.42. The molecule has 112 valence electrons. The Morgan fingerprint density at radius 3 is 2.53 bits per heavy atom. The maximum absolute atomic E-state index is 3.89. The molecule has 0 aromatic heterocycles. The first kappa shape index (κ1) is 15.7. The predicted octanol–water partition coefficient (Wildman–Crippen LogP) is 3.37. The molecule has 2 rings (SSSR count). The van der Waals surface area contributed by atoms with E-state index in [1.807, 2.05) is 0 Å². The Labute approximate surface area is 124 Å². The van der Waals surface area contributed by atoms with Crippen molar-refractivity contribution in [3.05, 3.63) is 0 Å². The van der Waals surface area contributed by atoms with E-state index in [4.69, 9.17) is 0 Å². The van der Waals surface area contributed by atoms with E-state index in [0.717, 1.165) is 12.0 Å². The van der Waals surface area contributed by atoms with E-state index in [1.54, 1.807) is 0 Å². The first-order chi connectivity index (χ1) is 9.24. The quantitative estimate of drug-likeness (QED) is 0.688. The molecule has 0 spiro atoms. The van der Waals surface area contributed by atoms with Crippen molar-refractivity contribution < 1.29 is 0 Å². The van der Waals surface area contributed by atoms with Crippen molar-refractivity contribution >= 4 is 11.8 Å². The van der Waals surface area contributed by atoms with Crippen LogP contribution in [0.25, 0.3) is 0 Å². The van der Waals surface area contributed by atoms with Gasteiger partial charge in [-0.1, -0.05) is 20.8 Å². The molecular formula is C16H32N2S. The van der Waals surface area contributed by atoms with Gasteiger partial charge in [-0.25, -0.2) is 0 Å². The SMILES string of the molecule is CCSCCCN1CC(CC)(CC)NCC1C1CC1. The number of nitrogens with one attached hydrogen (secondary N) is 1. The van der Waals surface area contributed by atoms with Crippen molar-refractivity contribution in [2.45, 2.75) is 64.5 Å². The molecule has 0 radical (unpaired) electrons. The van der Waals surface area contributed by atoms with Crippen molar-refractivity contribution in [2.75, 3.05) is 31.1 Å². The van der Waals surface area contributed by atoms with Gasteiger partial charge in [0.05, 0.1) is 0 Å². The maximum atomic E-state index is 3.89. The Morgan fingerprint density at radius 2 is 1.95 bits per heavy atom. The van der Waals surface area contributed by atoms with Gasteiger partial charge in [-0.05, 0) is 56.1 Å². The number of hydrogen-bond acceptors (Lipinski definition) is 3. The van der Waals surface area contributed by atoms with E-state index in [0.29, 0.717) is 5.54 Å². The predicted molar refractivity (Wildman–Crippen MR) is 87.0 cm³/mol. The second-order valence-electron chi connectivity index (χ2n) is 6.29. The number of piperazine rings is 1. The van der Waals surface area contributed by atoms with Gasteiger partial charge in [-0.2, -0.15) is 11.8 Å². The largest absolute Gasteiger partial charge is 0.308 e. The highest BCUT2D eigenvalue weighted by Crippen LogP contribution is 2.38. The zero-order chi connectivity index (χ0) is 13.7. The molecule has 0 amide bonds. The van der Waals surface area contributed by atoms with Gasteiger partial charge in [-0.15, -0.1) is 0 Å². The summed E-state index contributed by atoms with van der Waals surface area (Å²) in [6, 6.07) is 0.831. The summed E-state index contributed by atoms with van der Waals surface area (Å²) in [6.07, 6.45) is 6.84. The minimum Gasteiger partial charge on any atom is -0.308 e. The second kappa shape index (κ2) is 7.33. The first-order valence-electron chi connectivity index (χ1n) is 8.31. The van der Waals surface area contributed by atoms with Crippen LogP contribution < -0.4 is 5.32 Å². The summed E-state index contributed by atoms with van der Waals surface area (Å²) in [5.41, 5.74) is 0.392. The van der Waals surface area contributed by atoms with Gasteiger partial charge >= 0.3 is 0 Å². The van der Waals surface area contributed by atoms with Crippen LogP contribution >= 0.6 is 11.8 Å². The number of rotatable bonds is 8. The number of thioether (sulfide) groups is 1. The standard InChI is InChI=1S/C16H32N2S/c1-4-16(5-2)13-18(10-7-11-19-6-3)15(12-17-16)14-8-9-14/h14-15,17H,4-13H2,1-3H3. The monoisotopic (exact) mass is 284 g/mol. The first-order valence-corrected chi connectivity index (χ1v) is 9.47. The van der Waals surface area contributed by atoms with Gasteiger partial charge < -0.3 is 5.32 Å². The van der Waals surface area contributed by atoms with Crippen molar-refractivity contribution in [3.8, 4) is 0 Å². The molecule has 1 saturated carbocycles. The fourth-order valence-electron chi connectivity index (χ4n) is 3.44. The van der Waals surface area contributed by atoms with Crippen LogP contribution in [0.2, 0.25) is 0 Å². The fourth-order valence-corrected chi connectivity index (χ4v) is 4.06. The van der Waals surface area contributed by atoms with Gasteiger partial charge in [0.15, 0.2) is 0 Å². The summed E-state index contributed by atoms with van der Waals surface area (Å²) >= 11 is 2.09. The van der Waals surface area contributed by atoms with Crippen LogP contribution in [0.3, 0.4) is 0 Å². The zero-order valence-corrected chi connectivity index (χ0v) is 13.9. The topological polar surface area (TPSA) is 15.3 Å². The zero-order valence-electron chi connectivity index (χ0n) is 13.1. The molecule has 1 saturated heterocycles. The van der Waals surface area contributed by atoms with E-state index in [9.17, 15) is 0 Å². The van der Waals surface area contributed by atoms with E-state index in [2.05, 4.69) is 42.7 Å². The van der Waals surface area contributed by atoms with E-state index >= 15 is 0 Å². The van der Waals surface area contributed by atoms with Crippen LogP contribution in [-0.2, 0) is 0 Å². The molecule has 1 atom stereocenters. The van der Waals surface area contributed by atoms with Gasteiger partial charge in [0, 0.05) is 24.7 Å². The van der Waals surface area contributed by atoms with Gasteiger partial charge in [0.2, 0.25) is 0 Å². The molecule has 19 heavy (non-hydrogen) atoms. The summed E-state index contributed by atoms with van der Waals surface area (Å²) in [5.74, 6) is 3.60. The second-order valence-corrected chi connectivity index (χ2v) is 7.69. The molecule has 1 unspecified atom stereocenters. The van der Waals surface area contributed by atoms with E-state index < -0.39 is 0 Å². The van der Waals surface area contributed by atoms with Crippen LogP contribution in [-0.4, -0.2) is 47.6 Å². The van der Waals surface area contributed by atoms with Crippen LogP contribution in [0, 0.1) is 5.92 Å². The molecule has 0 aromatic carbocycles. The lowest BCUT2D eigenvalue weighted by atomic mass is 9.87. The summed E-state index contributed by atoms with van der Waals surface area (Å²) in [5, 5.41) is 3.89. The molecule has 1 N–H and O–H groups in total. The van der Waals surface area contributed by atoms with Gasteiger partial charge in [0.1, 0.15) is 0 Å². The molecule has 0 aromatic rings. The molecule has 1 aliphatic heterocycles. The molecular weight excluding hydrogens is 252 g/mol. The maximum Gasteiger partial charge on any atom is 0.0304 e. The Balaban J connectivity index is 1.88. The lowest BCUT2D eigenvalue weighted by molar-refractivity contribution is 0.0624. The average molecular weight is 285 g/mol. The normalized spacial score (nSPS) is 27.6. The average Bonchev–Trinajstić information content (AvgIpc) is 3.28. The third-order valence-corrected chi connectivity index (χ3v) is 6.10. The minimum atomic E-state index is 0.392. The molecule has 0 bridgehead atoms. The van der Waals surface area contributed by atoms with Crippen molar-refractivity contribution in [2.24, 2.45) is 5.92 Å². The Morgan fingerprint density at radius 1 is 1.21 bits per heavy atom. The third-order valence-electron chi connectivity index (χ3n) is 5.12. The Hall–Kier alpha value is 0.270. The molecule has 2 nitrogen and oxygen atoms in total. The molecule has 2 fully saturated rings. The van der Waals surface area contributed by atoms with Crippen LogP contribution in [0.4, 0.5) is 0 Å². The fraction of sp³-hybridized carbons (Fsp3) is 1.00. The number of nitrogens with zero attached hydrogens (tertiary/aromatic N) is 1. The van der Waals surface area contributed by atoms with Gasteiger partial charge in [0.25, 0.3) is 0 Å². The van der Waals surface area contributed by atoms with E-state index in [-0.39, 0.29) is 0 Å². The summed E-state index contributed by atoms with van der Waals surface area (Å²) < 4.78 is 0. The van der Waals surface area contributed by atoms with Crippen LogP contribution in [0.15, 0.2) is 0 Å². The Bertz CT molecular complexity index is 261. The third kappa shape index (κ3) is 4.12. The summed E-state index contributed by atoms with van der Waals surface area (Å²) in [6.45, 7) is 10.8. The van der Waals surface area contributed by atoms with Crippen molar-refractivity contribution in [1.82, 2.24) is 10.2 Å². The molecule has 2 aliphatic rings. The summed E-state index contributed by atoms with van der Waals surface area (Å²) in [7, 11) is 0. The summed E-state index contributed by atoms with van der Waals surface area (Å²) in [4.78, 5) is 2.83. The van der Waals surface area contributed by atoms with Crippen molar-refractivity contribution in [3.63, 3.8) is 0 Å². The lowest BCUT2D eigenvalue weighted by Crippen LogP contribution is -2.64. The van der Waals surface area contributed by atoms with Crippen molar-refractivity contribution in [1.29, 1.82) is 0 Å². The molecule has 3 heteroatoms. The lowest BCUT2D eigenvalue weighted by Gasteiger charge is -2.48. The van der Waals surface area contributed by atoms with E-state index in [1.165, 1.54) is 63.2 Å². The van der Waals surface area contributed by atoms with Crippen LogP contribution in [0.5, 0.6) is 0 Å². The number of hydrogen-bond donors (Lipinski definition) is 1. The highest BCUT2D eigenvalue weighted by molar-refractivity contribution is 7.99. The smallest absolute Gasteiger partial charge is 0.0304 e. The molecule has 1 heterocycles. The minimum absolute atomic E-state index is 0.392. The van der Waals surface area contributed by atoms with Crippen LogP contribution in [0.1, 0.15) is 52.9 Å². The highest BCUT2D eigenvalue weighted by atomic mass is 32.2. The molecule has 1 aliphatic carbocycles. The Kier molecular flexibility index (Phi) is 6.04. The van der Waals surface area contributed by atoms with Gasteiger partial charge in [-0.3, -0.25) is 4.90 Å².